The van der Waals surface area contributed by atoms with Crippen LogP contribution in [0.4, 0.5) is 15.8 Å². The summed E-state index contributed by atoms with van der Waals surface area (Å²) in [6.45, 7) is 0.923. The van der Waals surface area contributed by atoms with Crippen molar-refractivity contribution in [3.8, 4) is 0 Å². The molecule has 37 heavy (non-hydrogen) atoms. The lowest BCUT2D eigenvalue weighted by Gasteiger charge is -2.42. The SMILES string of the molecule is O=C1[C@@H]2[C@@H]3CCCCN3[C@]3(C(=O)N(Cc4ccc(F)cc4)c4ccccc43)[C@H]2C(=O)N1c1ccccc1. The third kappa shape index (κ3) is 2.92. The number of benzene rings is 3. The van der Waals surface area contributed by atoms with E-state index >= 15 is 0 Å². The van der Waals surface area contributed by atoms with Gasteiger partial charge in [0.1, 0.15) is 11.4 Å². The van der Waals surface area contributed by atoms with Crippen molar-refractivity contribution < 1.29 is 18.8 Å². The minimum Gasteiger partial charge on any atom is -0.306 e. The van der Waals surface area contributed by atoms with Gasteiger partial charge in [0.25, 0.3) is 5.91 Å². The van der Waals surface area contributed by atoms with E-state index in [4.69, 9.17) is 0 Å². The number of fused-ring (bicyclic) bond motifs is 7. The van der Waals surface area contributed by atoms with E-state index in [0.29, 0.717) is 12.2 Å². The normalized spacial score (nSPS) is 28.7. The first kappa shape index (κ1) is 22.4. The summed E-state index contributed by atoms with van der Waals surface area (Å²) >= 11 is 0. The van der Waals surface area contributed by atoms with Gasteiger partial charge in [0.05, 0.1) is 24.1 Å². The Balaban J connectivity index is 1.40. The molecule has 0 aliphatic carbocycles. The number of hydrogen-bond donors (Lipinski definition) is 0. The van der Waals surface area contributed by atoms with Gasteiger partial charge in [-0.25, -0.2) is 9.29 Å². The van der Waals surface area contributed by atoms with Gasteiger partial charge in [0.15, 0.2) is 0 Å². The maximum absolute atomic E-state index is 14.7. The van der Waals surface area contributed by atoms with Crippen LogP contribution in [-0.4, -0.2) is 35.2 Å². The molecule has 0 N–H and O–H groups in total. The topological polar surface area (TPSA) is 60.9 Å². The maximum atomic E-state index is 14.7. The summed E-state index contributed by atoms with van der Waals surface area (Å²) in [6, 6.07) is 22.6. The van der Waals surface area contributed by atoms with Gasteiger partial charge in [-0.3, -0.25) is 19.3 Å². The molecule has 3 fully saturated rings. The van der Waals surface area contributed by atoms with Crippen molar-refractivity contribution in [1.82, 2.24) is 4.90 Å². The van der Waals surface area contributed by atoms with Gasteiger partial charge in [-0.05, 0) is 55.3 Å². The first-order chi connectivity index (χ1) is 18.0. The largest absolute Gasteiger partial charge is 0.306 e. The molecule has 3 amide bonds. The van der Waals surface area contributed by atoms with Crippen molar-refractivity contribution in [2.45, 2.75) is 37.4 Å². The summed E-state index contributed by atoms with van der Waals surface area (Å²) in [5.41, 5.74) is 1.65. The Bertz CT molecular complexity index is 1430. The van der Waals surface area contributed by atoms with E-state index < -0.39 is 17.4 Å². The molecular weight excluding hydrogens is 469 g/mol. The number of hydrogen-bond acceptors (Lipinski definition) is 4. The maximum Gasteiger partial charge on any atom is 0.253 e. The predicted molar refractivity (Wildman–Crippen MR) is 136 cm³/mol. The molecule has 0 unspecified atom stereocenters. The minimum atomic E-state index is -1.23. The number of amides is 3. The monoisotopic (exact) mass is 495 g/mol. The van der Waals surface area contributed by atoms with Crippen LogP contribution in [0.15, 0.2) is 78.9 Å². The molecule has 1 spiro atoms. The average molecular weight is 496 g/mol. The van der Waals surface area contributed by atoms with Gasteiger partial charge < -0.3 is 4.90 Å². The molecule has 0 aromatic heterocycles. The lowest BCUT2D eigenvalue weighted by atomic mass is 9.76. The number of piperidine rings is 1. The van der Waals surface area contributed by atoms with E-state index in [1.54, 1.807) is 29.2 Å². The van der Waals surface area contributed by atoms with Crippen LogP contribution in [0, 0.1) is 17.7 Å². The van der Waals surface area contributed by atoms with Crippen LogP contribution >= 0.6 is 0 Å². The highest BCUT2D eigenvalue weighted by atomic mass is 19.1. The Kier molecular flexibility index (Phi) is 4.88. The summed E-state index contributed by atoms with van der Waals surface area (Å²) in [5.74, 6) is -2.39. The van der Waals surface area contributed by atoms with Crippen molar-refractivity contribution >= 4 is 29.1 Å². The molecular formula is C30H26FN3O3. The second kappa shape index (κ2) is 8.08. The average Bonchev–Trinajstić information content (AvgIpc) is 3.47. The van der Waals surface area contributed by atoms with Crippen molar-refractivity contribution in [2.24, 2.45) is 11.8 Å². The standard InChI is InChI=1S/C30H26FN3O3/c31-20-15-13-19(14-16-20)18-32-23-11-5-4-10-22(23)30(29(32)37)26-25(24-12-6-7-17-33(24)30)27(35)34(28(26)36)21-8-2-1-3-9-21/h1-5,8-11,13-16,24-26H,6-7,12,17-18H2/t24-,25+,26+,30-/m0/s1. The van der Waals surface area contributed by atoms with Crippen molar-refractivity contribution in [2.75, 3.05) is 16.3 Å². The number of imide groups is 1. The smallest absolute Gasteiger partial charge is 0.253 e. The number of nitrogens with zero attached hydrogens (tertiary/aromatic N) is 3. The van der Waals surface area contributed by atoms with E-state index in [1.807, 2.05) is 42.5 Å². The quantitative estimate of drug-likeness (QED) is 0.510. The number of rotatable bonds is 3. The zero-order valence-corrected chi connectivity index (χ0v) is 20.2. The first-order valence-electron chi connectivity index (χ1n) is 12.9. The van der Waals surface area contributed by atoms with E-state index in [9.17, 15) is 18.8 Å². The lowest BCUT2D eigenvalue weighted by molar-refractivity contribution is -0.138. The van der Waals surface area contributed by atoms with Gasteiger partial charge in [-0.15, -0.1) is 0 Å². The summed E-state index contributed by atoms with van der Waals surface area (Å²) < 4.78 is 13.6. The number of para-hydroxylation sites is 2. The molecule has 0 bridgehead atoms. The molecule has 4 aliphatic heterocycles. The van der Waals surface area contributed by atoms with Crippen molar-refractivity contribution in [1.29, 1.82) is 0 Å². The van der Waals surface area contributed by atoms with Crippen LogP contribution in [0.25, 0.3) is 0 Å². The molecule has 186 valence electrons. The molecule has 4 heterocycles. The first-order valence-corrected chi connectivity index (χ1v) is 12.9. The van der Waals surface area contributed by atoms with Crippen LogP contribution in [0.3, 0.4) is 0 Å². The molecule has 0 radical (unpaired) electrons. The molecule has 0 saturated carbocycles. The molecule has 3 saturated heterocycles. The third-order valence-electron chi connectivity index (χ3n) is 8.66. The Hall–Kier alpha value is -3.84. The Morgan fingerprint density at radius 3 is 2.35 bits per heavy atom. The molecule has 3 aromatic rings. The fourth-order valence-corrected chi connectivity index (χ4v) is 7.27. The van der Waals surface area contributed by atoms with Crippen molar-refractivity contribution in [3.05, 3.63) is 95.8 Å². The summed E-state index contributed by atoms with van der Waals surface area (Å²) in [4.78, 5) is 48.0. The second-order valence-corrected chi connectivity index (χ2v) is 10.4. The van der Waals surface area contributed by atoms with E-state index in [0.717, 1.165) is 36.1 Å². The van der Waals surface area contributed by atoms with Crippen LogP contribution < -0.4 is 9.80 Å². The zero-order chi connectivity index (χ0) is 25.3. The number of carbonyl (C=O) groups excluding carboxylic acids is 3. The van der Waals surface area contributed by atoms with Crippen LogP contribution in [-0.2, 0) is 26.5 Å². The van der Waals surface area contributed by atoms with E-state index in [1.165, 1.54) is 17.0 Å². The lowest BCUT2D eigenvalue weighted by Crippen LogP contribution is -2.58. The molecule has 4 aliphatic rings. The van der Waals surface area contributed by atoms with Gasteiger partial charge in [0.2, 0.25) is 11.8 Å². The predicted octanol–water partition coefficient (Wildman–Crippen LogP) is 4.24. The highest BCUT2D eigenvalue weighted by molar-refractivity contribution is 6.26. The molecule has 3 aromatic carbocycles. The highest BCUT2D eigenvalue weighted by Gasteiger charge is 2.75. The molecule has 7 rings (SSSR count). The molecule has 7 heteroatoms. The Morgan fingerprint density at radius 1 is 0.838 bits per heavy atom. The van der Waals surface area contributed by atoms with Gasteiger partial charge in [-0.1, -0.05) is 55.0 Å². The second-order valence-electron chi connectivity index (χ2n) is 10.4. The fourth-order valence-electron chi connectivity index (χ4n) is 7.27. The summed E-state index contributed by atoms with van der Waals surface area (Å²) in [6.07, 6.45) is 2.65. The van der Waals surface area contributed by atoms with E-state index in [2.05, 4.69) is 4.90 Å². The number of anilines is 2. The van der Waals surface area contributed by atoms with Crippen molar-refractivity contribution in [3.63, 3.8) is 0 Å². The minimum absolute atomic E-state index is 0.173. The molecule has 4 atom stereocenters. The highest BCUT2D eigenvalue weighted by Crippen LogP contribution is 2.61. The Labute approximate surface area is 214 Å². The molecule has 6 nitrogen and oxygen atoms in total. The number of carbonyl (C=O) groups is 3. The van der Waals surface area contributed by atoms with Crippen LogP contribution in [0.2, 0.25) is 0 Å². The summed E-state index contributed by atoms with van der Waals surface area (Å²) in [5, 5.41) is 0. The van der Waals surface area contributed by atoms with Crippen LogP contribution in [0.5, 0.6) is 0 Å². The summed E-state index contributed by atoms with van der Waals surface area (Å²) in [7, 11) is 0. The van der Waals surface area contributed by atoms with E-state index in [-0.39, 0.29) is 36.1 Å². The fraction of sp³-hybridized carbons (Fsp3) is 0.300. The van der Waals surface area contributed by atoms with Gasteiger partial charge in [0, 0.05) is 17.3 Å². The van der Waals surface area contributed by atoms with Gasteiger partial charge in [-0.2, -0.15) is 0 Å². The Morgan fingerprint density at radius 2 is 1.57 bits per heavy atom. The third-order valence-corrected chi connectivity index (χ3v) is 8.66. The zero-order valence-electron chi connectivity index (χ0n) is 20.2. The van der Waals surface area contributed by atoms with Gasteiger partial charge >= 0.3 is 0 Å². The number of halogens is 1. The van der Waals surface area contributed by atoms with Crippen LogP contribution in [0.1, 0.15) is 30.4 Å².